The van der Waals surface area contributed by atoms with Gasteiger partial charge in [0.2, 0.25) is 65.0 Å². The number of benzene rings is 1. The van der Waals surface area contributed by atoms with Crippen molar-refractivity contribution in [2.24, 2.45) is 41.4 Å². The van der Waals surface area contributed by atoms with E-state index in [2.05, 4.69) is 21.3 Å². The molecule has 92 heavy (non-hydrogen) atoms. The number of nitrogens with zero attached hydrogens (tertiary/aromatic N) is 7. The van der Waals surface area contributed by atoms with E-state index in [9.17, 15) is 38.7 Å². The Bertz CT molecular complexity index is 2720. The highest BCUT2D eigenvalue weighted by atomic mass is 16.5. The molecule has 0 saturated carbocycles. The maximum Gasteiger partial charge on any atom is 0.246 e. The lowest BCUT2D eigenvalue weighted by Gasteiger charge is -2.41. The zero-order chi connectivity index (χ0) is 70.7. The molecule has 1 saturated heterocycles. The Morgan fingerprint density at radius 3 is 1.43 bits per heavy atom. The van der Waals surface area contributed by atoms with Crippen LogP contribution in [0, 0.1) is 41.4 Å². The SMILES string of the molecule is CC[C@@H]1NC(=O)[C@H]([C@H](O)[C@H](C)C/C=C/c2ccccc2OC)N(C)C(=O)[C@H](C(C)C)N(C)C(=O)[C@H](CC(C)C)N(C)C(=O)[C@H](CC(C)C)N(C)C(=O)[C@@H](C)NC(=O)[C@H](C)NC(=O)[C@H](CC(C)C)N(C)C(=O)[C@H](C(C)C)NC(=O)[C@H](CC(C)C)N(C)C(=O)CN(C)C1=O. The summed E-state index contributed by atoms with van der Waals surface area (Å²) >= 11 is 0. The number of allylic oxidation sites excluding steroid dienone is 1. The van der Waals surface area contributed by atoms with Gasteiger partial charge in [-0.3, -0.25) is 52.7 Å². The van der Waals surface area contributed by atoms with Gasteiger partial charge >= 0.3 is 0 Å². The van der Waals surface area contributed by atoms with Crippen LogP contribution < -0.4 is 26.0 Å². The molecule has 5 N–H and O–H groups in total. The van der Waals surface area contributed by atoms with E-state index in [4.69, 9.17) is 4.74 Å². The molecule has 24 heteroatoms. The van der Waals surface area contributed by atoms with Crippen molar-refractivity contribution in [1.82, 2.24) is 55.6 Å². The maximum atomic E-state index is 15.4. The number of likely N-dealkylation sites (N-methyl/N-ethyl adjacent to an activating group) is 7. The van der Waals surface area contributed by atoms with Crippen molar-refractivity contribution in [2.75, 3.05) is 63.0 Å². The Labute approximate surface area is 549 Å². The lowest BCUT2D eigenvalue weighted by Crippen LogP contribution is -2.63. The number of carbonyl (C=O) groups is 11. The predicted molar refractivity (Wildman–Crippen MR) is 356 cm³/mol. The first kappa shape index (κ1) is 81.0. The second-order valence-electron chi connectivity index (χ2n) is 27.7. The molecule has 1 aromatic carbocycles. The number of aliphatic hydroxyl groups excluding tert-OH is 1. The van der Waals surface area contributed by atoms with Gasteiger partial charge in [0.15, 0.2) is 0 Å². The van der Waals surface area contributed by atoms with Crippen LogP contribution in [0.15, 0.2) is 30.3 Å². The smallest absolute Gasteiger partial charge is 0.246 e. The van der Waals surface area contributed by atoms with Gasteiger partial charge in [0.1, 0.15) is 66.2 Å². The fourth-order valence-corrected chi connectivity index (χ4v) is 11.5. The monoisotopic (exact) mass is 1290 g/mol. The molecule has 0 bridgehead atoms. The maximum absolute atomic E-state index is 15.4. The Morgan fingerprint density at radius 2 is 0.946 bits per heavy atom. The molecule has 0 aliphatic carbocycles. The number of hydrogen-bond donors (Lipinski definition) is 5. The van der Waals surface area contributed by atoms with Crippen LogP contribution in [0.3, 0.4) is 0 Å². The topological polar surface area (TPSA) is 288 Å². The van der Waals surface area contributed by atoms with Gasteiger partial charge < -0.3 is 65.4 Å². The van der Waals surface area contributed by atoms with Crippen LogP contribution >= 0.6 is 0 Å². The van der Waals surface area contributed by atoms with Gasteiger partial charge in [0.05, 0.1) is 19.8 Å². The van der Waals surface area contributed by atoms with E-state index in [1.54, 1.807) is 60.8 Å². The molecule has 11 amide bonds. The largest absolute Gasteiger partial charge is 0.496 e. The molecule has 0 radical (unpaired) electrons. The van der Waals surface area contributed by atoms with E-state index in [0.717, 1.165) is 15.4 Å². The quantitative estimate of drug-likeness (QED) is 0.145. The number of carbonyl (C=O) groups excluding carboxylic acids is 11. The number of methoxy groups -OCH3 is 1. The number of aliphatic hydroxyl groups is 1. The first-order valence-corrected chi connectivity index (χ1v) is 32.7. The second-order valence-corrected chi connectivity index (χ2v) is 27.7. The minimum Gasteiger partial charge on any atom is -0.496 e. The number of rotatable bonds is 17. The third-order valence-corrected chi connectivity index (χ3v) is 17.3. The Balaban J connectivity index is 3.01. The average Bonchev–Trinajstić information content (AvgIpc) is 0.874. The van der Waals surface area contributed by atoms with Crippen LogP contribution in [0.25, 0.3) is 6.08 Å². The number of nitrogens with one attached hydrogen (secondary N) is 4. The van der Waals surface area contributed by atoms with Gasteiger partial charge in [-0.15, -0.1) is 0 Å². The first-order valence-electron chi connectivity index (χ1n) is 32.7. The van der Waals surface area contributed by atoms with E-state index in [-0.39, 0.29) is 62.2 Å². The van der Waals surface area contributed by atoms with Gasteiger partial charge in [-0.05, 0) is 99.9 Å². The number of para-hydroxylation sites is 1. The third kappa shape index (κ3) is 22.3. The standard InChI is InChI=1S/C68H115N11O13/c1-25-48-64(87)73(17)37-54(80)74(18)49(33-38(2)3)61(84)72-55(42(10)11)67(90)75(19)50(34-39(4)5)60(83)69-45(15)59(82)70-46(16)63(86)76(20)51(35-40(6)7)65(88)77(21)52(36-41(8)9)66(89)78(22)56(43(12)13)68(91)79(23)57(62(85)71-48)58(81)44(14)29-28-31-47-30-26-27-32-53(47)92-24/h26-28,30-32,38-46,48-52,55-58,81H,25,29,33-37H2,1-24H3,(H,69,83)(H,70,82)(H,71,85)(H,72,84)/b31-28+/t44-,45+,46-,48+,49+,50+,51+,52+,55+,56+,57+,58-/m1/s1. The number of hydrogen-bond acceptors (Lipinski definition) is 13. The highest BCUT2D eigenvalue weighted by Crippen LogP contribution is 2.27. The van der Waals surface area contributed by atoms with E-state index in [1.165, 1.54) is 87.7 Å². The number of amides is 11. The van der Waals surface area contributed by atoms with Gasteiger partial charge in [-0.25, -0.2) is 0 Å². The minimum absolute atomic E-state index is 0.00186. The molecule has 1 aliphatic rings. The summed E-state index contributed by atoms with van der Waals surface area (Å²) in [5.41, 5.74) is 0.754. The molecule has 12 atom stereocenters. The highest BCUT2D eigenvalue weighted by molar-refractivity contribution is 5.99. The molecule has 2 rings (SSSR count). The molecule has 1 aromatic rings. The summed E-state index contributed by atoms with van der Waals surface area (Å²) < 4.78 is 5.52. The van der Waals surface area contributed by atoms with Crippen LogP contribution in [0.4, 0.5) is 0 Å². The van der Waals surface area contributed by atoms with E-state index >= 15 is 19.2 Å². The summed E-state index contributed by atoms with van der Waals surface area (Å²) in [6.07, 6.45) is 2.80. The van der Waals surface area contributed by atoms with Gasteiger partial charge in [-0.1, -0.05) is 127 Å². The number of ether oxygens (including phenoxy) is 1. The van der Waals surface area contributed by atoms with Crippen molar-refractivity contribution in [2.45, 2.75) is 216 Å². The lowest BCUT2D eigenvalue weighted by atomic mass is 9.91. The van der Waals surface area contributed by atoms with Crippen LogP contribution in [0.5, 0.6) is 5.75 Å². The molecular formula is C68H115N11O13. The van der Waals surface area contributed by atoms with E-state index in [1.807, 2.05) is 79.7 Å². The molecule has 1 aliphatic heterocycles. The average molecular weight is 1290 g/mol. The third-order valence-electron chi connectivity index (χ3n) is 17.3. The molecule has 0 aromatic heterocycles. The first-order chi connectivity index (χ1) is 42.7. The van der Waals surface area contributed by atoms with Crippen LogP contribution in [-0.2, 0) is 52.7 Å². The van der Waals surface area contributed by atoms with Crippen molar-refractivity contribution >= 4 is 71.1 Å². The van der Waals surface area contributed by atoms with E-state index in [0.29, 0.717) is 5.75 Å². The Hall–Kier alpha value is -7.11. The fraction of sp³-hybridized carbons (Fsp3) is 0.721. The molecule has 24 nitrogen and oxygen atoms in total. The van der Waals surface area contributed by atoms with Crippen LogP contribution in [0.2, 0.25) is 0 Å². The molecule has 0 unspecified atom stereocenters. The van der Waals surface area contributed by atoms with Crippen molar-refractivity contribution in [3.8, 4) is 5.75 Å². The molecule has 1 fully saturated rings. The predicted octanol–water partition coefficient (Wildman–Crippen LogP) is 4.41. The van der Waals surface area contributed by atoms with Gasteiger partial charge in [-0.2, -0.15) is 0 Å². The molecule has 1 heterocycles. The Morgan fingerprint density at radius 1 is 0.500 bits per heavy atom. The summed E-state index contributed by atoms with van der Waals surface area (Å²) in [7, 11) is 11.4. The van der Waals surface area contributed by atoms with Crippen LogP contribution in [0.1, 0.15) is 155 Å². The van der Waals surface area contributed by atoms with E-state index < -0.39 is 156 Å². The summed E-state index contributed by atoms with van der Waals surface area (Å²) in [5, 5.41) is 23.5. The van der Waals surface area contributed by atoms with Crippen molar-refractivity contribution in [1.29, 1.82) is 0 Å². The van der Waals surface area contributed by atoms with Crippen molar-refractivity contribution < 1.29 is 62.6 Å². The summed E-state index contributed by atoms with van der Waals surface area (Å²) in [6, 6.07) is -5.25. The summed E-state index contributed by atoms with van der Waals surface area (Å²) in [4.78, 5) is 170. The fourth-order valence-electron chi connectivity index (χ4n) is 11.5. The minimum atomic E-state index is -1.68. The molecule has 0 spiro atoms. The van der Waals surface area contributed by atoms with Crippen molar-refractivity contribution in [3.05, 3.63) is 35.9 Å². The highest BCUT2D eigenvalue weighted by Gasteiger charge is 2.46. The Kier molecular flexibility index (Phi) is 32.5. The lowest BCUT2D eigenvalue weighted by molar-refractivity contribution is -0.157. The second kappa shape index (κ2) is 37.0. The zero-order valence-corrected chi connectivity index (χ0v) is 59.8. The summed E-state index contributed by atoms with van der Waals surface area (Å²) in [5.74, 6) is -9.45. The van der Waals surface area contributed by atoms with Gasteiger partial charge in [0, 0.05) is 54.9 Å². The normalized spacial score (nSPS) is 25.7. The van der Waals surface area contributed by atoms with Crippen molar-refractivity contribution in [3.63, 3.8) is 0 Å². The molecule has 520 valence electrons. The zero-order valence-electron chi connectivity index (χ0n) is 59.8. The van der Waals surface area contributed by atoms with Gasteiger partial charge in [0.25, 0.3) is 0 Å². The summed E-state index contributed by atoms with van der Waals surface area (Å²) in [6.45, 7) is 27.5. The van der Waals surface area contributed by atoms with Crippen LogP contribution in [-0.4, -0.2) is 234 Å². The molecular weight excluding hydrogens is 1180 g/mol.